The topological polar surface area (TPSA) is 43.8 Å². The Labute approximate surface area is 200 Å². The van der Waals surface area contributed by atoms with E-state index in [9.17, 15) is 18.7 Å². The van der Waals surface area contributed by atoms with E-state index in [0.717, 1.165) is 18.2 Å². The highest BCUT2D eigenvalue weighted by Gasteiger charge is 2.49. The molecule has 0 radical (unpaired) electrons. The molecule has 3 fully saturated rings. The van der Waals surface area contributed by atoms with Crippen LogP contribution in [0.1, 0.15) is 43.7 Å². The molecule has 4 nitrogen and oxygen atoms in total. The van der Waals surface area contributed by atoms with Gasteiger partial charge >= 0.3 is 0 Å². The van der Waals surface area contributed by atoms with Crippen molar-refractivity contribution in [3.05, 3.63) is 71.3 Å². The minimum atomic E-state index is -1.01. The standard InChI is InChI=1S/C28H34F2N2O2/c1-18-13-32(14-19(2)28(18,34)21-6-4-3-5-7-21)27(33)25-17-31(15-20-8-9-20)16-24(25)23-11-10-22(29)12-26(23)30/h3-7,10-12,18-20,24-25,34H,8-9,13-17H2,1-2H3/t18-,19+,24-,25+,28?/m1/s1. The molecule has 5 atom stereocenters. The number of benzene rings is 2. The minimum absolute atomic E-state index is 0.0147. The monoisotopic (exact) mass is 468 g/mol. The Morgan fingerprint density at radius 1 is 1.00 bits per heavy atom. The first-order valence-corrected chi connectivity index (χ1v) is 12.5. The van der Waals surface area contributed by atoms with E-state index in [2.05, 4.69) is 4.90 Å². The Bertz CT molecular complexity index is 1030. The molecule has 0 bridgehead atoms. The quantitative estimate of drug-likeness (QED) is 0.708. The largest absolute Gasteiger partial charge is 0.384 e. The van der Waals surface area contributed by atoms with Gasteiger partial charge in [-0.3, -0.25) is 4.79 Å². The summed E-state index contributed by atoms with van der Waals surface area (Å²) in [5.74, 6) is -1.45. The number of aliphatic hydroxyl groups is 1. The van der Waals surface area contributed by atoms with Gasteiger partial charge in [-0.1, -0.05) is 50.2 Å². The van der Waals surface area contributed by atoms with Crippen molar-refractivity contribution in [2.45, 2.75) is 38.2 Å². The third kappa shape index (κ3) is 4.27. The second-order valence-electron chi connectivity index (χ2n) is 10.8. The van der Waals surface area contributed by atoms with Crippen molar-refractivity contribution in [1.82, 2.24) is 9.80 Å². The van der Waals surface area contributed by atoms with E-state index in [4.69, 9.17) is 0 Å². The maximum absolute atomic E-state index is 14.8. The van der Waals surface area contributed by atoms with Gasteiger partial charge in [-0.2, -0.15) is 0 Å². The number of amides is 1. The van der Waals surface area contributed by atoms with Crippen LogP contribution in [0.2, 0.25) is 0 Å². The normalized spacial score (nSPS) is 32.2. The molecule has 1 aliphatic carbocycles. The van der Waals surface area contributed by atoms with Crippen LogP contribution < -0.4 is 0 Å². The Morgan fingerprint density at radius 2 is 1.68 bits per heavy atom. The highest BCUT2D eigenvalue weighted by atomic mass is 19.1. The molecule has 34 heavy (non-hydrogen) atoms. The summed E-state index contributed by atoms with van der Waals surface area (Å²) in [4.78, 5) is 18.0. The SMILES string of the molecule is C[C@@H]1CN(C(=O)[C@H]2CN(CC3CC3)C[C@@H]2c2ccc(F)cc2F)C[C@H](C)C1(O)c1ccccc1. The van der Waals surface area contributed by atoms with Crippen molar-refractivity contribution < 1.29 is 18.7 Å². The van der Waals surface area contributed by atoms with Crippen molar-refractivity contribution in [3.63, 3.8) is 0 Å². The van der Waals surface area contributed by atoms with Crippen LogP contribution in [0.4, 0.5) is 8.78 Å². The van der Waals surface area contributed by atoms with Crippen LogP contribution in [-0.4, -0.2) is 53.5 Å². The number of hydrogen-bond donors (Lipinski definition) is 1. The molecule has 0 spiro atoms. The average Bonchev–Trinajstić information content (AvgIpc) is 3.54. The Morgan fingerprint density at radius 3 is 2.29 bits per heavy atom. The third-order valence-corrected chi connectivity index (χ3v) is 8.33. The van der Waals surface area contributed by atoms with Crippen LogP contribution in [0.25, 0.3) is 0 Å². The molecule has 2 aromatic rings. The van der Waals surface area contributed by atoms with Gasteiger partial charge in [-0.05, 0) is 36.0 Å². The molecule has 1 N–H and O–H groups in total. The fourth-order valence-corrected chi connectivity index (χ4v) is 6.26. The van der Waals surface area contributed by atoms with Gasteiger partial charge < -0.3 is 14.9 Å². The van der Waals surface area contributed by atoms with E-state index in [1.165, 1.54) is 25.0 Å². The number of rotatable bonds is 5. The minimum Gasteiger partial charge on any atom is -0.384 e. The number of halogens is 2. The molecule has 1 saturated carbocycles. The highest BCUT2D eigenvalue weighted by molar-refractivity contribution is 5.81. The number of carbonyl (C=O) groups is 1. The van der Waals surface area contributed by atoms with Crippen LogP contribution in [-0.2, 0) is 10.4 Å². The Balaban J connectivity index is 1.38. The molecular formula is C28H34F2N2O2. The second kappa shape index (κ2) is 9.04. The molecule has 2 aliphatic heterocycles. The first-order valence-electron chi connectivity index (χ1n) is 12.5. The van der Waals surface area contributed by atoms with Gasteiger partial charge in [0.05, 0.1) is 11.5 Å². The molecule has 6 heteroatoms. The second-order valence-corrected chi connectivity index (χ2v) is 10.8. The molecule has 0 aromatic heterocycles. The molecule has 2 heterocycles. The molecular weight excluding hydrogens is 434 g/mol. The average molecular weight is 469 g/mol. The summed E-state index contributed by atoms with van der Waals surface area (Å²) >= 11 is 0. The summed E-state index contributed by atoms with van der Waals surface area (Å²) < 4.78 is 28.4. The van der Waals surface area contributed by atoms with E-state index >= 15 is 0 Å². The highest BCUT2D eigenvalue weighted by Crippen LogP contribution is 2.43. The number of piperidine rings is 1. The number of hydrogen-bond acceptors (Lipinski definition) is 3. The van der Waals surface area contributed by atoms with Crippen molar-refractivity contribution >= 4 is 5.91 Å². The van der Waals surface area contributed by atoms with E-state index in [1.54, 1.807) is 0 Å². The van der Waals surface area contributed by atoms with Gasteiger partial charge in [0.25, 0.3) is 0 Å². The number of likely N-dealkylation sites (tertiary alicyclic amines) is 2. The van der Waals surface area contributed by atoms with E-state index in [0.29, 0.717) is 37.7 Å². The van der Waals surface area contributed by atoms with Crippen LogP contribution in [0.15, 0.2) is 48.5 Å². The maximum Gasteiger partial charge on any atom is 0.227 e. The first kappa shape index (κ1) is 23.4. The zero-order valence-corrected chi connectivity index (χ0v) is 20.0. The Kier molecular flexibility index (Phi) is 6.23. The molecule has 2 saturated heterocycles. The summed E-state index contributed by atoms with van der Waals surface area (Å²) in [6.07, 6.45) is 2.42. The van der Waals surface area contributed by atoms with Crippen LogP contribution in [0.3, 0.4) is 0 Å². The van der Waals surface area contributed by atoms with Gasteiger partial charge in [0.15, 0.2) is 0 Å². The summed E-state index contributed by atoms with van der Waals surface area (Å²) in [6, 6.07) is 13.4. The summed E-state index contributed by atoms with van der Waals surface area (Å²) in [7, 11) is 0. The third-order valence-electron chi connectivity index (χ3n) is 8.33. The van der Waals surface area contributed by atoms with Crippen molar-refractivity contribution in [2.75, 3.05) is 32.7 Å². The molecule has 1 unspecified atom stereocenters. The maximum atomic E-state index is 14.8. The van der Waals surface area contributed by atoms with E-state index in [1.807, 2.05) is 49.1 Å². The van der Waals surface area contributed by atoms with E-state index in [-0.39, 0.29) is 29.6 Å². The van der Waals surface area contributed by atoms with Crippen LogP contribution in [0, 0.1) is 35.3 Å². The van der Waals surface area contributed by atoms with Crippen LogP contribution >= 0.6 is 0 Å². The zero-order chi connectivity index (χ0) is 24.0. The summed E-state index contributed by atoms with van der Waals surface area (Å²) in [6.45, 7) is 7.03. The number of nitrogens with zero attached hydrogens (tertiary/aromatic N) is 2. The van der Waals surface area contributed by atoms with Gasteiger partial charge in [-0.25, -0.2) is 8.78 Å². The lowest BCUT2D eigenvalue weighted by Crippen LogP contribution is -2.57. The van der Waals surface area contributed by atoms with Gasteiger partial charge in [-0.15, -0.1) is 0 Å². The summed E-state index contributed by atoms with van der Waals surface area (Å²) in [5.41, 5.74) is 0.301. The zero-order valence-electron chi connectivity index (χ0n) is 20.0. The summed E-state index contributed by atoms with van der Waals surface area (Å²) in [5, 5.41) is 11.7. The predicted octanol–water partition coefficient (Wildman–Crippen LogP) is 4.39. The Hall–Kier alpha value is -2.31. The smallest absolute Gasteiger partial charge is 0.227 e. The van der Waals surface area contributed by atoms with Crippen molar-refractivity contribution in [1.29, 1.82) is 0 Å². The van der Waals surface area contributed by atoms with Crippen LogP contribution in [0.5, 0.6) is 0 Å². The molecule has 182 valence electrons. The lowest BCUT2D eigenvalue weighted by molar-refractivity contribution is -0.152. The molecule has 1 amide bonds. The van der Waals surface area contributed by atoms with Gasteiger partial charge in [0, 0.05) is 56.5 Å². The van der Waals surface area contributed by atoms with Gasteiger partial charge in [0.1, 0.15) is 11.6 Å². The molecule has 2 aromatic carbocycles. The fourth-order valence-electron chi connectivity index (χ4n) is 6.26. The van der Waals surface area contributed by atoms with Gasteiger partial charge in [0.2, 0.25) is 5.91 Å². The first-order chi connectivity index (χ1) is 16.3. The molecule has 5 rings (SSSR count). The fraction of sp³-hybridized carbons (Fsp3) is 0.536. The van der Waals surface area contributed by atoms with E-state index < -0.39 is 17.2 Å². The lowest BCUT2D eigenvalue weighted by atomic mass is 9.70. The number of carbonyl (C=O) groups excluding carboxylic acids is 1. The van der Waals surface area contributed by atoms with Crippen molar-refractivity contribution in [2.24, 2.45) is 23.7 Å². The lowest BCUT2D eigenvalue weighted by Gasteiger charge is -2.48. The van der Waals surface area contributed by atoms with Crippen molar-refractivity contribution in [3.8, 4) is 0 Å². The predicted molar refractivity (Wildman–Crippen MR) is 127 cm³/mol. The molecule has 3 aliphatic rings.